The second-order valence-corrected chi connectivity index (χ2v) is 6.20. The van der Waals surface area contributed by atoms with E-state index in [1.165, 1.54) is 6.20 Å². The Morgan fingerprint density at radius 3 is 2.89 bits per heavy atom. The van der Waals surface area contributed by atoms with Crippen molar-refractivity contribution in [1.29, 1.82) is 0 Å². The molecule has 0 atom stereocenters. The van der Waals surface area contributed by atoms with E-state index in [-0.39, 0.29) is 4.90 Å². The number of sulfonamides is 1. The Kier molecular flexibility index (Phi) is 3.04. The molecule has 0 saturated carbocycles. The quantitative estimate of drug-likeness (QED) is 0.795. The second kappa shape index (κ2) is 4.71. The van der Waals surface area contributed by atoms with Gasteiger partial charge in [0.05, 0.1) is 5.69 Å². The number of nitrogens with one attached hydrogen (secondary N) is 3. The minimum atomic E-state index is -3.51. The predicted molar refractivity (Wildman–Crippen MR) is 73.5 cm³/mol. The Bertz CT molecular complexity index is 678. The van der Waals surface area contributed by atoms with Crippen molar-refractivity contribution >= 4 is 15.7 Å². The first-order valence-corrected chi connectivity index (χ1v) is 7.62. The Labute approximate surface area is 112 Å². The molecular weight excluding hydrogens is 262 g/mol. The normalized spacial score (nSPS) is 14.9. The molecule has 100 valence electrons. The lowest BCUT2D eigenvalue weighted by Gasteiger charge is -2.20. The fourth-order valence-electron chi connectivity index (χ4n) is 2.31. The average Bonchev–Trinajstić information content (AvgIpc) is 2.93. The minimum Gasteiger partial charge on any atom is -0.366 e. The third-order valence-corrected chi connectivity index (χ3v) is 4.63. The number of hydrogen-bond donors (Lipinski definition) is 3. The molecule has 0 radical (unpaired) electrons. The summed E-state index contributed by atoms with van der Waals surface area (Å²) in [6.45, 7) is 1.66. The van der Waals surface area contributed by atoms with Crippen LogP contribution in [0, 0.1) is 0 Å². The number of aromatic nitrogens is 1. The Hall–Kier alpha value is -1.79. The zero-order valence-electron chi connectivity index (χ0n) is 10.3. The first-order chi connectivity index (χ1) is 9.17. The maximum absolute atomic E-state index is 12.2. The van der Waals surface area contributed by atoms with Gasteiger partial charge < -0.3 is 10.3 Å². The van der Waals surface area contributed by atoms with Crippen molar-refractivity contribution in [2.24, 2.45) is 0 Å². The molecule has 1 aromatic carbocycles. The summed E-state index contributed by atoms with van der Waals surface area (Å²) in [7, 11) is -3.51. The zero-order chi connectivity index (χ0) is 13.3. The molecule has 1 aliphatic heterocycles. The van der Waals surface area contributed by atoms with Crippen LogP contribution in [0.1, 0.15) is 11.1 Å². The van der Waals surface area contributed by atoms with Gasteiger partial charge in [-0.25, -0.2) is 8.42 Å². The third-order valence-electron chi connectivity index (χ3n) is 3.26. The van der Waals surface area contributed by atoms with E-state index in [1.54, 1.807) is 12.3 Å². The summed E-state index contributed by atoms with van der Waals surface area (Å²) in [4.78, 5) is 3.00. The number of H-pyrrole nitrogens is 1. The van der Waals surface area contributed by atoms with Crippen LogP contribution in [-0.4, -0.2) is 19.9 Å². The van der Waals surface area contributed by atoms with Crippen molar-refractivity contribution in [1.82, 2.24) is 10.3 Å². The van der Waals surface area contributed by atoms with E-state index in [2.05, 4.69) is 15.0 Å². The molecule has 3 N–H and O–H groups in total. The molecular formula is C13H15N3O2S. The number of rotatable bonds is 3. The van der Waals surface area contributed by atoms with Gasteiger partial charge >= 0.3 is 0 Å². The highest BCUT2D eigenvalue weighted by Crippen LogP contribution is 2.25. The van der Waals surface area contributed by atoms with Gasteiger partial charge in [0.1, 0.15) is 4.90 Å². The molecule has 5 nitrogen and oxygen atoms in total. The van der Waals surface area contributed by atoms with Crippen molar-refractivity contribution in [2.75, 3.05) is 11.3 Å². The summed E-state index contributed by atoms with van der Waals surface area (Å²) in [5, 5.41) is 3.28. The Morgan fingerprint density at radius 1 is 1.21 bits per heavy atom. The fraction of sp³-hybridized carbons (Fsp3) is 0.231. The fourth-order valence-corrected chi connectivity index (χ4v) is 3.38. The number of anilines is 1. The van der Waals surface area contributed by atoms with Crippen LogP contribution < -0.4 is 10.0 Å². The molecule has 19 heavy (non-hydrogen) atoms. The van der Waals surface area contributed by atoms with Gasteiger partial charge in [-0.1, -0.05) is 12.1 Å². The van der Waals surface area contributed by atoms with Crippen LogP contribution in [0.4, 0.5) is 5.69 Å². The second-order valence-electron chi connectivity index (χ2n) is 4.52. The van der Waals surface area contributed by atoms with Crippen LogP contribution >= 0.6 is 0 Å². The smallest absolute Gasteiger partial charge is 0.263 e. The lowest BCUT2D eigenvalue weighted by molar-refractivity contribution is 0.601. The SMILES string of the molecule is O=S(=O)(Nc1cccc2c1CCNC2)c1cc[nH]c1. The van der Waals surface area contributed by atoms with Crippen molar-refractivity contribution in [3.63, 3.8) is 0 Å². The van der Waals surface area contributed by atoms with E-state index in [9.17, 15) is 8.42 Å². The molecule has 1 aromatic heterocycles. The van der Waals surface area contributed by atoms with Gasteiger partial charge in [0, 0.05) is 18.9 Å². The van der Waals surface area contributed by atoms with Gasteiger partial charge in [-0.2, -0.15) is 0 Å². The minimum absolute atomic E-state index is 0.249. The van der Waals surface area contributed by atoms with Crippen molar-refractivity contribution in [2.45, 2.75) is 17.9 Å². The van der Waals surface area contributed by atoms with Crippen LogP contribution in [0.5, 0.6) is 0 Å². The van der Waals surface area contributed by atoms with Crippen LogP contribution in [0.25, 0.3) is 0 Å². The molecule has 0 amide bonds. The molecule has 0 unspecified atom stereocenters. The Morgan fingerprint density at radius 2 is 2.11 bits per heavy atom. The van der Waals surface area contributed by atoms with Crippen molar-refractivity contribution in [3.05, 3.63) is 47.8 Å². The lowest BCUT2D eigenvalue weighted by Crippen LogP contribution is -2.25. The summed E-state index contributed by atoms with van der Waals surface area (Å²) in [6, 6.07) is 7.25. The molecule has 3 rings (SSSR count). The summed E-state index contributed by atoms with van der Waals surface area (Å²) in [5.41, 5.74) is 2.92. The van der Waals surface area contributed by atoms with E-state index < -0.39 is 10.0 Å². The summed E-state index contributed by atoms with van der Waals surface area (Å²) < 4.78 is 27.1. The van der Waals surface area contributed by atoms with E-state index in [0.29, 0.717) is 5.69 Å². The van der Waals surface area contributed by atoms with Gasteiger partial charge in [0.2, 0.25) is 0 Å². The summed E-state index contributed by atoms with van der Waals surface area (Å²) >= 11 is 0. The molecule has 0 fully saturated rings. The molecule has 1 aliphatic rings. The maximum atomic E-state index is 12.2. The monoisotopic (exact) mass is 277 g/mol. The molecule has 2 aromatic rings. The van der Waals surface area contributed by atoms with Crippen molar-refractivity contribution < 1.29 is 8.42 Å². The van der Waals surface area contributed by atoms with Gasteiger partial charge in [-0.15, -0.1) is 0 Å². The van der Waals surface area contributed by atoms with Crippen LogP contribution in [0.2, 0.25) is 0 Å². The molecule has 0 spiro atoms. The van der Waals surface area contributed by atoms with Crippen LogP contribution in [0.3, 0.4) is 0 Å². The van der Waals surface area contributed by atoms with Crippen LogP contribution in [0.15, 0.2) is 41.6 Å². The average molecular weight is 277 g/mol. The first-order valence-electron chi connectivity index (χ1n) is 6.14. The maximum Gasteiger partial charge on any atom is 0.263 e. The van der Waals surface area contributed by atoms with Gasteiger partial charge in [-0.3, -0.25) is 4.72 Å². The third kappa shape index (κ3) is 2.36. The summed E-state index contributed by atoms with van der Waals surface area (Å²) in [5.74, 6) is 0. The van der Waals surface area contributed by atoms with E-state index in [4.69, 9.17) is 0 Å². The molecule has 6 heteroatoms. The molecule has 2 heterocycles. The van der Waals surface area contributed by atoms with E-state index in [1.807, 2.05) is 18.2 Å². The predicted octanol–water partition coefficient (Wildman–Crippen LogP) is 1.46. The van der Waals surface area contributed by atoms with Crippen LogP contribution in [-0.2, 0) is 23.0 Å². The number of fused-ring (bicyclic) bond motifs is 1. The Balaban J connectivity index is 1.96. The largest absolute Gasteiger partial charge is 0.366 e. The van der Waals surface area contributed by atoms with E-state index >= 15 is 0 Å². The molecule has 0 bridgehead atoms. The highest BCUT2D eigenvalue weighted by atomic mass is 32.2. The summed E-state index contributed by atoms with van der Waals surface area (Å²) in [6.07, 6.45) is 3.90. The highest BCUT2D eigenvalue weighted by molar-refractivity contribution is 7.92. The van der Waals surface area contributed by atoms with E-state index in [0.717, 1.165) is 30.6 Å². The highest BCUT2D eigenvalue weighted by Gasteiger charge is 2.18. The number of benzene rings is 1. The standard InChI is InChI=1S/C13H15N3O2S/c17-19(18,11-4-6-15-9-11)16-13-3-1-2-10-8-14-7-5-12(10)13/h1-4,6,9,14-16H,5,7-8H2. The van der Waals surface area contributed by atoms with Gasteiger partial charge in [-0.05, 0) is 36.2 Å². The lowest BCUT2D eigenvalue weighted by atomic mass is 9.99. The van der Waals surface area contributed by atoms with Gasteiger partial charge in [0.25, 0.3) is 10.0 Å². The number of hydrogen-bond acceptors (Lipinski definition) is 3. The molecule has 0 saturated heterocycles. The number of aromatic amines is 1. The van der Waals surface area contributed by atoms with Gasteiger partial charge in [0.15, 0.2) is 0 Å². The zero-order valence-corrected chi connectivity index (χ0v) is 11.1. The molecule has 0 aliphatic carbocycles. The first kappa shape index (κ1) is 12.3. The van der Waals surface area contributed by atoms with Crippen molar-refractivity contribution in [3.8, 4) is 0 Å². The topological polar surface area (TPSA) is 74.0 Å².